The lowest BCUT2D eigenvalue weighted by molar-refractivity contribution is -0.147. The van der Waals surface area contributed by atoms with Gasteiger partial charge < -0.3 is 35.6 Å². The van der Waals surface area contributed by atoms with Crippen molar-refractivity contribution in [2.45, 2.75) is 83.0 Å². The smallest absolute Gasteiger partial charge is 0.416 e. The van der Waals surface area contributed by atoms with Gasteiger partial charge in [0, 0.05) is 40.0 Å². The number of halogens is 4. The lowest BCUT2D eigenvalue weighted by Crippen LogP contribution is -2.21. The van der Waals surface area contributed by atoms with Crippen molar-refractivity contribution < 1.29 is 57.5 Å². The second-order valence-corrected chi connectivity index (χ2v) is 14.2. The van der Waals surface area contributed by atoms with Gasteiger partial charge in [0.1, 0.15) is 18.5 Å². The Bertz CT molecular complexity index is 1780. The number of nitrogen functional groups attached to an aromatic ring is 1. The van der Waals surface area contributed by atoms with Crippen LogP contribution in [0, 0.1) is 11.8 Å². The molecule has 1 fully saturated rings. The summed E-state index contributed by atoms with van der Waals surface area (Å²) in [5, 5.41) is 39.7. The Labute approximate surface area is 326 Å². The number of nitrogens with two attached hydrogens (primary N) is 1. The average molecular weight is 835 g/mol. The molecule has 0 bridgehead atoms. The summed E-state index contributed by atoms with van der Waals surface area (Å²) in [4.78, 5) is 34.7. The maximum atomic E-state index is 12.8. The molecule has 0 saturated heterocycles. The van der Waals surface area contributed by atoms with Gasteiger partial charge in [-0.2, -0.15) is 13.2 Å². The quantitative estimate of drug-likeness (QED) is 0.0323. The first-order chi connectivity index (χ1) is 26.0. The highest BCUT2D eigenvalue weighted by atomic mass is 79.9. The first-order valence-corrected chi connectivity index (χ1v) is 18.5. The number of aliphatic carboxylic acids is 1. The fraction of sp³-hybridized carbons (Fsp3) is 0.390. The van der Waals surface area contributed by atoms with E-state index in [4.69, 9.17) is 20.3 Å². The van der Waals surface area contributed by atoms with Crippen LogP contribution in [0.2, 0.25) is 0 Å². The van der Waals surface area contributed by atoms with Gasteiger partial charge in [0.15, 0.2) is 5.78 Å². The molecule has 14 heteroatoms. The molecule has 3 aromatic carbocycles. The maximum Gasteiger partial charge on any atom is 0.416 e. The van der Waals surface area contributed by atoms with E-state index in [1.165, 1.54) is 18.2 Å². The van der Waals surface area contributed by atoms with Gasteiger partial charge in [-0.05, 0) is 93.1 Å². The Morgan fingerprint density at radius 1 is 1.00 bits per heavy atom. The van der Waals surface area contributed by atoms with Crippen molar-refractivity contribution in [3.05, 3.63) is 118 Å². The van der Waals surface area contributed by atoms with Crippen molar-refractivity contribution in [3.8, 4) is 5.75 Å². The van der Waals surface area contributed by atoms with Gasteiger partial charge in [-0.25, -0.2) is 0 Å². The SMILES string of the molecule is CC(C)OC(=O)CCC/C=C\C[C@@H]1[C@@H](/C=C/[C@@H](O)COc2cccc(C(F)(F)F)c2)[C@H](O)C[C@@H]1O.Nc1c(CC(=O)O)cccc1C(=O)c1ccc(Br)cc1. The number of benzene rings is 3. The number of rotatable bonds is 16. The minimum atomic E-state index is -4.49. The van der Waals surface area contributed by atoms with Crippen molar-refractivity contribution in [1.82, 2.24) is 0 Å². The number of carbonyl (C=O) groups is 3. The third-order valence-electron chi connectivity index (χ3n) is 8.64. The Morgan fingerprint density at radius 2 is 1.69 bits per heavy atom. The molecule has 1 saturated carbocycles. The summed E-state index contributed by atoms with van der Waals surface area (Å²) in [5.74, 6) is -2.08. The summed E-state index contributed by atoms with van der Waals surface area (Å²) in [6.45, 7) is 3.34. The molecule has 1 aliphatic rings. The number of carboxylic acid groups (broad SMARTS) is 1. The molecule has 10 nitrogen and oxygen atoms in total. The van der Waals surface area contributed by atoms with Crippen molar-refractivity contribution in [2.24, 2.45) is 11.8 Å². The summed E-state index contributed by atoms with van der Waals surface area (Å²) >= 11 is 3.30. The van der Waals surface area contributed by atoms with E-state index in [0.29, 0.717) is 42.4 Å². The van der Waals surface area contributed by atoms with E-state index < -0.39 is 36.0 Å². The Morgan fingerprint density at radius 3 is 2.35 bits per heavy atom. The van der Waals surface area contributed by atoms with Crippen molar-refractivity contribution in [1.29, 1.82) is 0 Å². The fourth-order valence-electron chi connectivity index (χ4n) is 5.90. The van der Waals surface area contributed by atoms with Crippen LogP contribution >= 0.6 is 15.9 Å². The third kappa shape index (κ3) is 14.9. The van der Waals surface area contributed by atoms with Crippen LogP contribution in [0.5, 0.6) is 5.75 Å². The second kappa shape index (κ2) is 21.6. The van der Waals surface area contributed by atoms with Crippen LogP contribution in [0.15, 0.2) is 95.5 Å². The maximum absolute atomic E-state index is 12.8. The van der Waals surface area contributed by atoms with Crippen LogP contribution in [0.4, 0.5) is 18.9 Å². The molecular weight excluding hydrogens is 787 g/mol. The summed E-state index contributed by atoms with van der Waals surface area (Å²) in [6, 6.07) is 16.2. The average Bonchev–Trinajstić information content (AvgIpc) is 3.39. The Balaban J connectivity index is 0.000000342. The molecule has 1 aliphatic carbocycles. The van der Waals surface area contributed by atoms with E-state index >= 15 is 0 Å². The third-order valence-corrected chi connectivity index (χ3v) is 9.17. The van der Waals surface area contributed by atoms with Crippen LogP contribution in [0.3, 0.4) is 0 Å². The van der Waals surface area contributed by atoms with Gasteiger partial charge in [-0.3, -0.25) is 14.4 Å². The number of hydrogen-bond donors (Lipinski definition) is 5. The monoisotopic (exact) mass is 833 g/mol. The van der Waals surface area contributed by atoms with E-state index in [9.17, 15) is 42.9 Å². The number of ketones is 1. The zero-order valence-electron chi connectivity index (χ0n) is 30.5. The lowest BCUT2D eigenvalue weighted by atomic mass is 9.89. The Hall–Kier alpha value is -4.50. The number of para-hydroxylation sites is 1. The van der Waals surface area contributed by atoms with Crippen molar-refractivity contribution >= 4 is 39.3 Å². The minimum absolute atomic E-state index is 0.0101. The molecule has 0 aliphatic heterocycles. The number of anilines is 1. The van der Waals surface area contributed by atoms with Crippen LogP contribution in [-0.4, -0.2) is 69.2 Å². The zero-order chi connectivity index (χ0) is 40.7. The van der Waals surface area contributed by atoms with Gasteiger partial charge in [-0.1, -0.05) is 58.4 Å². The molecular formula is C41H47BrF3NO9. The molecule has 0 amide bonds. The van der Waals surface area contributed by atoms with Crippen LogP contribution < -0.4 is 10.5 Å². The predicted octanol–water partition coefficient (Wildman–Crippen LogP) is 7.32. The minimum Gasteiger partial charge on any atom is -0.491 e. The molecule has 6 N–H and O–H groups in total. The Kier molecular flexibility index (Phi) is 17.6. The molecule has 0 aromatic heterocycles. The number of aliphatic hydroxyl groups is 3. The van der Waals surface area contributed by atoms with Crippen molar-refractivity contribution in [3.63, 3.8) is 0 Å². The lowest BCUT2D eigenvalue weighted by Gasteiger charge is -2.19. The van der Waals surface area contributed by atoms with Gasteiger partial charge in [0.2, 0.25) is 0 Å². The standard InChI is InChI=1S/C26H35F3O6.C15H12BrNO3/c1-17(2)35-25(33)11-6-4-3-5-10-21-22(24(32)15-23(21)31)13-12-19(30)16-34-20-9-7-8-18(14-20)26(27,28)29;16-11-6-4-9(5-7-11)15(20)12-3-1-2-10(14(12)17)8-13(18)19/h3,5,7-9,12-14,17,19,21-24,30-32H,4,6,10-11,15-16H2,1-2H3;1-7H,8,17H2,(H,18,19)/b5-3-,13-12+;/t19-,21-,22-,23+,24-;/m1./s1. The normalized spacial score (nSPS) is 18.9. The number of unbranched alkanes of at least 4 members (excludes halogenated alkanes) is 1. The molecule has 55 heavy (non-hydrogen) atoms. The van der Waals surface area contributed by atoms with E-state index in [1.54, 1.807) is 62.4 Å². The highest BCUT2D eigenvalue weighted by molar-refractivity contribution is 9.10. The zero-order valence-corrected chi connectivity index (χ0v) is 32.1. The van der Waals surface area contributed by atoms with E-state index in [1.807, 2.05) is 12.2 Å². The summed E-state index contributed by atoms with van der Waals surface area (Å²) in [6.07, 6.45) is 1.89. The van der Waals surface area contributed by atoms with E-state index in [2.05, 4.69) is 15.9 Å². The van der Waals surface area contributed by atoms with Crippen LogP contribution in [-0.2, 0) is 26.9 Å². The molecule has 5 atom stereocenters. The molecule has 0 heterocycles. The number of aliphatic hydroxyl groups excluding tert-OH is 3. The molecule has 4 rings (SSSR count). The van der Waals surface area contributed by atoms with Gasteiger partial charge in [-0.15, -0.1) is 0 Å². The van der Waals surface area contributed by atoms with Crippen LogP contribution in [0.25, 0.3) is 0 Å². The summed E-state index contributed by atoms with van der Waals surface area (Å²) in [7, 11) is 0. The molecule has 298 valence electrons. The van der Waals surface area contributed by atoms with Gasteiger partial charge in [0.25, 0.3) is 0 Å². The largest absolute Gasteiger partial charge is 0.491 e. The van der Waals surface area contributed by atoms with Crippen LogP contribution in [0.1, 0.15) is 73.0 Å². The van der Waals surface area contributed by atoms with E-state index in [-0.39, 0.29) is 60.6 Å². The number of carbonyl (C=O) groups excluding carboxylic acids is 2. The highest BCUT2D eigenvalue weighted by Crippen LogP contribution is 2.36. The highest BCUT2D eigenvalue weighted by Gasteiger charge is 2.39. The van der Waals surface area contributed by atoms with Crippen molar-refractivity contribution in [2.75, 3.05) is 12.3 Å². The summed E-state index contributed by atoms with van der Waals surface area (Å²) in [5.41, 5.74) is 6.57. The molecule has 3 aromatic rings. The fourth-order valence-corrected chi connectivity index (χ4v) is 6.17. The number of ether oxygens (including phenoxy) is 2. The van der Waals surface area contributed by atoms with Gasteiger partial charge in [0.05, 0.1) is 30.3 Å². The number of carboxylic acids is 1. The first-order valence-electron chi connectivity index (χ1n) is 17.7. The molecule has 0 unspecified atom stereocenters. The topological polar surface area (TPSA) is 177 Å². The first kappa shape index (κ1) is 44.9. The predicted molar refractivity (Wildman–Crippen MR) is 204 cm³/mol. The number of esters is 1. The second-order valence-electron chi connectivity index (χ2n) is 13.3. The number of hydrogen-bond acceptors (Lipinski definition) is 9. The molecule has 0 spiro atoms. The molecule has 0 radical (unpaired) electrons. The van der Waals surface area contributed by atoms with Gasteiger partial charge >= 0.3 is 18.1 Å². The summed E-state index contributed by atoms with van der Waals surface area (Å²) < 4.78 is 49.6. The number of allylic oxidation sites excluding steroid dienone is 2. The van der Waals surface area contributed by atoms with E-state index in [0.717, 1.165) is 16.6 Å². The number of alkyl halides is 3.